The van der Waals surface area contributed by atoms with E-state index in [0.717, 1.165) is 25.7 Å². The lowest BCUT2D eigenvalue weighted by molar-refractivity contribution is -0.469. The van der Waals surface area contributed by atoms with E-state index < -0.39 is 0 Å². The van der Waals surface area contributed by atoms with Crippen LogP contribution in [0.2, 0.25) is 0 Å². The van der Waals surface area contributed by atoms with Gasteiger partial charge in [-0.25, -0.2) is 0 Å². The average Bonchev–Trinajstić information content (AvgIpc) is 2.12. The highest BCUT2D eigenvalue weighted by molar-refractivity contribution is 4.78. The molecule has 1 aliphatic carbocycles. The van der Waals surface area contributed by atoms with Crippen molar-refractivity contribution in [1.82, 2.24) is 0 Å². The molecule has 0 aromatic heterocycles. The standard InChI is InChI=1S/C7H12NO2/c9-8(10)7-5-3-1-2-4-6-7/h1-6H2. The maximum atomic E-state index is 10.3. The van der Waals surface area contributed by atoms with Crippen LogP contribution in [0.5, 0.6) is 0 Å². The number of hydrogen-bond donors (Lipinski definition) is 0. The average molecular weight is 142 g/mol. The first-order chi connectivity index (χ1) is 4.80. The fourth-order valence-corrected chi connectivity index (χ4v) is 1.32. The van der Waals surface area contributed by atoms with Crippen LogP contribution in [0.15, 0.2) is 0 Å². The predicted molar refractivity (Wildman–Crippen MR) is 37.9 cm³/mol. The molecule has 57 valence electrons. The molecule has 10 heavy (non-hydrogen) atoms. The Morgan fingerprint density at radius 3 is 2.00 bits per heavy atom. The van der Waals surface area contributed by atoms with Gasteiger partial charge in [0.25, 0.3) is 6.04 Å². The molecule has 0 atom stereocenters. The molecule has 0 N–H and O–H groups in total. The fourth-order valence-electron chi connectivity index (χ4n) is 1.32. The third-order valence-corrected chi connectivity index (χ3v) is 1.94. The summed E-state index contributed by atoms with van der Waals surface area (Å²) in [5.41, 5.74) is 0. The summed E-state index contributed by atoms with van der Waals surface area (Å²) in [5, 5.41) is 10.3. The molecular weight excluding hydrogens is 130 g/mol. The van der Waals surface area contributed by atoms with Crippen LogP contribution >= 0.6 is 0 Å². The molecule has 0 aromatic carbocycles. The van der Waals surface area contributed by atoms with Crippen LogP contribution < -0.4 is 0 Å². The number of nitro groups is 1. The lowest BCUT2D eigenvalue weighted by Gasteiger charge is -2.00. The summed E-state index contributed by atoms with van der Waals surface area (Å²) in [6, 6.07) is 0.539. The van der Waals surface area contributed by atoms with E-state index in [1.165, 1.54) is 0 Å². The Morgan fingerprint density at radius 2 is 1.60 bits per heavy atom. The summed E-state index contributed by atoms with van der Waals surface area (Å²) in [6.45, 7) is 0. The number of nitrogens with zero attached hydrogens (tertiary/aromatic N) is 1. The second-order valence-corrected chi connectivity index (χ2v) is 2.74. The lowest BCUT2D eigenvalue weighted by Crippen LogP contribution is -2.07. The molecule has 0 heterocycles. The van der Waals surface area contributed by atoms with Crippen LogP contribution in [0.3, 0.4) is 0 Å². The van der Waals surface area contributed by atoms with Gasteiger partial charge in [-0.3, -0.25) is 10.1 Å². The molecule has 1 rings (SSSR count). The normalized spacial score (nSPS) is 22.0. The van der Waals surface area contributed by atoms with Crippen LogP contribution in [-0.2, 0) is 0 Å². The van der Waals surface area contributed by atoms with Crippen molar-refractivity contribution in [2.45, 2.75) is 38.5 Å². The van der Waals surface area contributed by atoms with Crippen LogP contribution in [0.25, 0.3) is 0 Å². The van der Waals surface area contributed by atoms with E-state index in [2.05, 4.69) is 0 Å². The first-order valence-corrected chi connectivity index (χ1v) is 3.80. The summed E-state index contributed by atoms with van der Waals surface area (Å²) in [5.74, 6) is 0. The van der Waals surface area contributed by atoms with E-state index in [9.17, 15) is 10.1 Å². The Hall–Kier alpha value is -0.600. The van der Waals surface area contributed by atoms with Crippen LogP contribution in [0.1, 0.15) is 38.5 Å². The van der Waals surface area contributed by atoms with Gasteiger partial charge in [0.1, 0.15) is 0 Å². The van der Waals surface area contributed by atoms with Gasteiger partial charge in [0.2, 0.25) is 0 Å². The Labute approximate surface area is 60.6 Å². The van der Waals surface area contributed by atoms with Crippen molar-refractivity contribution in [2.75, 3.05) is 0 Å². The van der Waals surface area contributed by atoms with Crippen molar-refractivity contribution in [2.24, 2.45) is 0 Å². The molecule has 1 fully saturated rings. The van der Waals surface area contributed by atoms with Gasteiger partial charge in [-0.1, -0.05) is 12.8 Å². The zero-order chi connectivity index (χ0) is 7.40. The smallest absolute Gasteiger partial charge is 0.264 e. The van der Waals surface area contributed by atoms with Crippen molar-refractivity contribution in [3.63, 3.8) is 0 Å². The molecule has 0 aliphatic heterocycles. The predicted octanol–water partition coefficient (Wildman–Crippen LogP) is 2.15. The van der Waals surface area contributed by atoms with Gasteiger partial charge >= 0.3 is 0 Å². The summed E-state index contributed by atoms with van der Waals surface area (Å²) in [6.07, 6.45) is 5.78. The second-order valence-electron chi connectivity index (χ2n) is 2.74. The molecule has 1 radical (unpaired) electrons. The number of rotatable bonds is 1. The zero-order valence-corrected chi connectivity index (χ0v) is 6.01. The molecule has 3 heteroatoms. The first kappa shape index (κ1) is 7.51. The second kappa shape index (κ2) is 3.54. The molecule has 0 saturated heterocycles. The molecule has 0 amide bonds. The minimum Gasteiger partial charge on any atom is -0.264 e. The van der Waals surface area contributed by atoms with Gasteiger partial charge < -0.3 is 0 Å². The van der Waals surface area contributed by atoms with Gasteiger partial charge in [-0.2, -0.15) is 0 Å². The van der Waals surface area contributed by atoms with E-state index in [4.69, 9.17) is 0 Å². The van der Waals surface area contributed by atoms with E-state index in [1.54, 1.807) is 0 Å². The van der Waals surface area contributed by atoms with E-state index in [0.29, 0.717) is 18.9 Å². The summed E-state index contributed by atoms with van der Waals surface area (Å²) < 4.78 is 0. The SMILES string of the molecule is O=[N+]([O-])[C]1CCCCCC1. The van der Waals surface area contributed by atoms with Gasteiger partial charge in [0, 0.05) is 17.8 Å². The summed E-state index contributed by atoms with van der Waals surface area (Å²) in [7, 11) is 0. The topological polar surface area (TPSA) is 43.1 Å². The van der Waals surface area contributed by atoms with E-state index >= 15 is 0 Å². The molecule has 0 aromatic rings. The third-order valence-electron chi connectivity index (χ3n) is 1.94. The fraction of sp³-hybridized carbons (Fsp3) is 0.857. The zero-order valence-electron chi connectivity index (χ0n) is 6.01. The highest BCUT2D eigenvalue weighted by atomic mass is 16.6. The van der Waals surface area contributed by atoms with Crippen molar-refractivity contribution >= 4 is 0 Å². The Bertz CT molecular complexity index is 117. The van der Waals surface area contributed by atoms with Crippen LogP contribution in [0.4, 0.5) is 0 Å². The molecule has 1 saturated carbocycles. The third kappa shape index (κ3) is 1.97. The molecule has 0 bridgehead atoms. The monoisotopic (exact) mass is 142 g/mol. The largest absolute Gasteiger partial charge is 0.290 e. The van der Waals surface area contributed by atoms with Gasteiger partial charge in [0.05, 0.1) is 0 Å². The molecule has 1 aliphatic rings. The first-order valence-electron chi connectivity index (χ1n) is 3.80. The molecule has 0 spiro atoms. The Morgan fingerprint density at radius 1 is 1.10 bits per heavy atom. The van der Waals surface area contributed by atoms with Crippen molar-refractivity contribution in [3.05, 3.63) is 16.2 Å². The summed E-state index contributed by atoms with van der Waals surface area (Å²) in [4.78, 5) is 10.1. The molecule has 3 nitrogen and oxygen atoms in total. The van der Waals surface area contributed by atoms with Crippen LogP contribution in [0, 0.1) is 16.2 Å². The maximum absolute atomic E-state index is 10.3. The minimum atomic E-state index is -0.203. The van der Waals surface area contributed by atoms with Crippen molar-refractivity contribution in [1.29, 1.82) is 0 Å². The van der Waals surface area contributed by atoms with E-state index in [1.807, 2.05) is 0 Å². The molecule has 0 unspecified atom stereocenters. The molecular formula is C7H12NO2. The highest BCUT2D eigenvalue weighted by Crippen LogP contribution is 2.24. The van der Waals surface area contributed by atoms with Crippen LogP contribution in [-0.4, -0.2) is 4.92 Å². The highest BCUT2D eigenvalue weighted by Gasteiger charge is 2.23. The summed E-state index contributed by atoms with van der Waals surface area (Å²) >= 11 is 0. The maximum Gasteiger partial charge on any atom is 0.290 e. The van der Waals surface area contributed by atoms with Gasteiger partial charge in [0.15, 0.2) is 0 Å². The van der Waals surface area contributed by atoms with Crippen molar-refractivity contribution < 1.29 is 4.92 Å². The minimum absolute atomic E-state index is 0.203. The quantitative estimate of drug-likeness (QED) is 0.320. The Kier molecular flexibility index (Phi) is 2.66. The van der Waals surface area contributed by atoms with Gasteiger partial charge in [-0.15, -0.1) is 0 Å². The van der Waals surface area contributed by atoms with Crippen molar-refractivity contribution in [3.8, 4) is 0 Å². The van der Waals surface area contributed by atoms with Gasteiger partial charge in [-0.05, 0) is 12.8 Å². The number of hydrogen-bond acceptors (Lipinski definition) is 2. The van der Waals surface area contributed by atoms with E-state index in [-0.39, 0.29) is 4.92 Å². The Balaban J connectivity index is 2.35. The lowest BCUT2D eigenvalue weighted by atomic mass is 10.1.